The van der Waals surface area contributed by atoms with Crippen LogP contribution in [-0.2, 0) is 42.2 Å². The number of carbonyl (C=O) groups is 2. The van der Waals surface area contributed by atoms with Crippen molar-refractivity contribution in [3.63, 3.8) is 0 Å². The van der Waals surface area contributed by atoms with E-state index in [9.17, 15) is 31.0 Å². The first-order valence-corrected chi connectivity index (χ1v) is 26.5. The number of hydroxylamine groups is 4. The Bertz CT molecular complexity index is 1900. The summed E-state index contributed by atoms with van der Waals surface area (Å²) in [7, 11) is -9.74. The standard InChI is InChI=1S/C16H36N.C13H18N4O6S.C12H17N5O6S/c1-5-9-13-17(14-10-6-2,15-11-7-3)16-12-8-4;18-13-16-7-9(17(13)23-24(19,20)21)4-5-10(16)12-15-14-11(22-12)6-8-2-1-3-8;18-12-16-6-8(17(12)23-24(19,20)21)1-2-9(16)11-15-14-10(22-11)3-7-4-13-5-7/h5-16H2,1-4H3;8-10H,1-7H2,(H,19,20,21);7-9,13H,1-6H2,(H,19,20,21)/q+1;;/p-1/t;9-,10+;8-,9+/m.11/s1. The second kappa shape index (κ2) is 23.0. The number of carbonyl (C=O) groups excluding carboxylic acids is 2. The van der Waals surface area contributed by atoms with Crippen molar-refractivity contribution in [3.8, 4) is 0 Å². The molecule has 5 aliphatic heterocycles. The number of nitrogens with one attached hydrogen (secondary N) is 1. The number of hydrogen-bond acceptors (Lipinski definition) is 16. The highest BCUT2D eigenvalue weighted by atomic mass is 32.3. The molecular weight excluding hydrogens is 889 g/mol. The summed E-state index contributed by atoms with van der Waals surface area (Å²) in [6.45, 7) is 17.4. The number of quaternary nitrogens is 1. The van der Waals surface area contributed by atoms with Gasteiger partial charge >= 0.3 is 22.5 Å². The molecule has 0 unspecified atom stereocenters. The maximum Gasteiger partial charge on any atom is 0.418 e. The molecule has 1 saturated carbocycles. The van der Waals surface area contributed by atoms with Crippen LogP contribution in [0.1, 0.15) is 160 Å². The van der Waals surface area contributed by atoms with Crippen LogP contribution in [0, 0.1) is 11.8 Å². The van der Waals surface area contributed by atoms with E-state index in [4.69, 9.17) is 13.4 Å². The van der Waals surface area contributed by atoms with Crippen molar-refractivity contribution in [2.75, 3.05) is 52.4 Å². The van der Waals surface area contributed by atoms with Crippen LogP contribution in [0.3, 0.4) is 0 Å². The monoisotopic (exact) mass is 958 g/mol. The summed E-state index contributed by atoms with van der Waals surface area (Å²) in [5, 5.41) is 20.7. The minimum Gasteiger partial charge on any atom is -0.724 e. The molecule has 0 spiro atoms. The van der Waals surface area contributed by atoms with E-state index in [0.717, 1.165) is 19.5 Å². The minimum absolute atomic E-state index is 0.263. The van der Waals surface area contributed by atoms with Crippen LogP contribution < -0.4 is 5.32 Å². The molecule has 5 saturated heterocycles. The van der Waals surface area contributed by atoms with Gasteiger partial charge in [-0.25, -0.2) is 18.0 Å². The second-order valence-electron chi connectivity index (χ2n) is 18.4. The molecule has 4 bridgehead atoms. The topological polar surface area (TPSA) is 267 Å². The number of unbranched alkanes of at least 4 members (excludes halogenated alkanes) is 4. The predicted octanol–water partition coefficient (Wildman–Crippen LogP) is 5.26. The van der Waals surface area contributed by atoms with Crippen LogP contribution in [0.15, 0.2) is 8.83 Å². The van der Waals surface area contributed by atoms with Gasteiger partial charge in [0, 0.05) is 25.9 Å². The van der Waals surface area contributed by atoms with Crippen LogP contribution >= 0.6 is 0 Å². The fourth-order valence-corrected chi connectivity index (χ4v) is 10.2. The Morgan fingerprint density at radius 2 is 1.09 bits per heavy atom. The summed E-state index contributed by atoms with van der Waals surface area (Å²) in [6.07, 6.45) is 18.2. The van der Waals surface area contributed by atoms with Crippen molar-refractivity contribution in [1.29, 1.82) is 0 Å². The van der Waals surface area contributed by atoms with Gasteiger partial charge < -0.3 is 33.0 Å². The first-order chi connectivity index (χ1) is 31.1. The van der Waals surface area contributed by atoms with Crippen LogP contribution in [-0.4, -0.2) is 147 Å². The normalized spacial score (nSPS) is 23.5. The third-order valence-corrected chi connectivity index (χ3v) is 14.2. The molecule has 0 aromatic carbocycles. The summed E-state index contributed by atoms with van der Waals surface area (Å²) >= 11 is 0. The number of amides is 4. The van der Waals surface area contributed by atoms with Crippen molar-refractivity contribution in [3.05, 3.63) is 23.6 Å². The van der Waals surface area contributed by atoms with E-state index < -0.39 is 57.0 Å². The number of piperidine rings is 2. The molecule has 4 amide bonds. The molecule has 7 heterocycles. The molecule has 4 atom stereocenters. The van der Waals surface area contributed by atoms with E-state index in [0.29, 0.717) is 77.6 Å². The molecule has 1 aliphatic carbocycles. The Morgan fingerprint density at radius 1 is 0.662 bits per heavy atom. The zero-order valence-corrected chi connectivity index (χ0v) is 40.1. The average Bonchev–Trinajstić information content (AvgIpc) is 4.01. The van der Waals surface area contributed by atoms with Gasteiger partial charge in [0.05, 0.1) is 38.3 Å². The predicted molar refractivity (Wildman–Crippen MR) is 232 cm³/mol. The second-order valence-corrected chi connectivity index (χ2v) is 20.4. The number of aromatic nitrogens is 4. The van der Waals surface area contributed by atoms with Gasteiger partial charge in [-0.05, 0) is 89.1 Å². The summed E-state index contributed by atoms with van der Waals surface area (Å²) < 4.78 is 84.4. The van der Waals surface area contributed by atoms with Crippen molar-refractivity contribution < 1.29 is 57.4 Å². The van der Waals surface area contributed by atoms with Crippen molar-refractivity contribution >= 4 is 32.9 Å². The molecule has 2 N–H and O–H groups in total. The molecule has 2 aromatic heterocycles. The molecule has 2 aromatic rings. The first-order valence-electron chi connectivity index (χ1n) is 23.8. The Hall–Kier alpha value is -3.52. The van der Waals surface area contributed by atoms with Gasteiger partial charge in [-0.2, -0.15) is 22.8 Å². The summed E-state index contributed by atoms with van der Waals surface area (Å²) in [6, 6.07) is -3.03. The van der Waals surface area contributed by atoms with Crippen molar-refractivity contribution in [2.24, 2.45) is 11.8 Å². The Labute approximate surface area is 383 Å². The number of hydrogen-bond donors (Lipinski definition) is 2. The lowest BCUT2D eigenvalue weighted by atomic mass is 9.83. The van der Waals surface area contributed by atoms with Crippen LogP contribution in [0.2, 0.25) is 0 Å². The summed E-state index contributed by atoms with van der Waals surface area (Å²) in [4.78, 5) is 27.5. The van der Waals surface area contributed by atoms with Gasteiger partial charge in [-0.3, -0.25) is 4.55 Å². The number of urea groups is 2. The fourth-order valence-electron chi connectivity index (χ4n) is 9.47. The molecule has 6 fully saturated rings. The molecule has 368 valence electrons. The maximum absolute atomic E-state index is 12.3. The Morgan fingerprint density at radius 3 is 1.45 bits per heavy atom. The van der Waals surface area contributed by atoms with Crippen LogP contribution in [0.5, 0.6) is 0 Å². The average molecular weight is 959 g/mol. The highest BCUT2D eigenvalue weighted by Gasteiger charge is 2.50. The molecular formula is C41H70N10O12S2. The van der Waals surface area contributed by atoms with Crippen molar-refractivity contribution in [2.45, 2.75) is 161 Å². The van der Waals surface area contributed by atoms with E-state index >= 15 is 0 Å². The van der Waals surface area contributed by atoms with Gasteiger partial charge in [0.1, 0.15) is 12.1 Å². The highest BCUT2D eigenvalue weighted by molar-refractivity contribution is 7.81. The third kappa shape index (κ3) is 13.8. The van der Waals surface area contributed by atoms with Crippen LogP contribution in [0.25, 0.3) is 0 Å². The smallest absolute Gasteiger partial charge is 0.418 e. The zero-order chi connectivity index (χ0) is 46.8. The maximum atomic E-state index is 12.3. The number of rotatable bonds is 22. The Balaban J connectivity index is 0.000000165. The van der Waals surface area contributed by atoms with E-state index in [2.05, 4.69) is 62.0 Å². The van der Waals surface area contributed by atoms with Gasteiger partial charge in [-0.15, -0.1) is 24.7 Å². The molecule has 24 heteroatoms. The molecule has 0 radical (unpaired) electrons. The van der Waals surface area contributed by atoms with Crippen molar-refractivity contribution in [1.82, 2.24) is 45.6 Å². The van der Waals surface area contributed by atoms with Gasteiger partial charge in [0.2, 0.25) is 34.0 Å². The quantitative estimate of drug-likeness (QED) is 0.0866. The van der Waals surface area contributed by atoms with Crippen LogP contribution in [0.4, 0.5) is 9.59 Å². The summed E-state index contributed by atoms with van der Waals surface area (Å²) in [5.41, 5.74) is 0. The minimum atomic E-state index is -4.99. The lowest BCUT2D eigenvalue weighted by Gasteiger charge is -2.39. The van der Waals surface area contributed by atoms with E-state index in [1.807, 2.05) is 0 Å². The zero-order valence-electron chi connectivity index (χ0n) is 38.4. The number of nitrogens with zero attached hydrogens (tertiary/aromatic N) is 9. The third-order valence-electron chi connectivity index (χ3n) is 13.5. The van der Waals surface area contributed by atoms with Gasteiger partial charge in [0.15, 0.2) is 0 Å². The highest BCUT2D eigenvalue weighted by Crippen LogP contribution is 2.40. The lowest BCUT2D eigenvalue weighted by molar-refractivity contribution is -0.929. The van der Waals surface area contributed by atoms with Gasteiger partial charge in [-0.1, -0.05) is 59.8 Å². The largest absolute Gasteiger partial charge is 0.724 e. The van der Waals surface area contributed by atoms with E-state index in [-0.39, 0.29) is 13.1 Å². The van der Waals surface area contributed by atoms with E-state index in [1.165, 1.54) is 111 Å². The SMILES string of the molecule is CCCC[N+](CCCC)(CCCC)CCCC.O=C1N2C[C@@H](CC[C@H]2c2nnc(CC3CCC3)o2)N1OS(=O)(=O)[O-].O=C1N2C[C@@H](CC[C@H]2c2nnc(CC3CNC3)o2)N1OS(=O)(=O)O. The van der Waals surface area contributed by atoms with Gasteiger partial charge in [0.25, 0.3) is 0 Å². The fraction of sp³-hybridized carbons (Fsp3) is 0.854. The Kier molecular flexibility index (Phi) is 18.0. The van der Waals surface area contributed by atoms with E-state index in [1.54, 1.807) is 0 Å². The summed E-state index contributed by atoms with van der Waals surface area (Å²) in [5.74, 6) is 2.88. The molecule has 65 heavy (non-hydrogen) atoms. The molecule has 22 nitrogen and oxygen atoms in total. The first kappa shape index (κ1) is 50.9. The molecule has 8 rings (SSSR count). The molecule has 6 aliphatic rings. The lowest BCUT2D eigenvalue weighted by Crippen LogP contribution is -2.50. The number of fused-ring (bicyclic) bond motifs is 4.